The molecule has 0 unspecified atom stereocenters. The van der Waals surface area contributed by atoms with Crippen molar-refractivity contribution in [1.29, 1.82) is 5.26 Å². The SMILES string of the molecule is N#C[C@@H]1C[C@H](F)CN1C(=O)CNC12CCC(C(=O)NC34CCC(O)(CC3)CC4)(CC1)CC2. The van der Waals surface area contributed by atoms with Crippen molar-refractivity contribution in [2.45, 2.75) is 112 Å². The van der Waals surface area contributed by atoms with Crippen LogP contribution >= 0.6 is 0 Å². The van der Waals surface area contributed by atoms with Crippen molar-refractivity contribution >= 4 is 11.8 Å². The Morgan fingerprint density at radius 3 is 2.09 bits per heavy atom. The van der Waals surface area contributed by atoms with E-state index < -0.39 is 17.8 Å². The lowest BCUT2D eigenvalue weighted by Crippen LogP contribution is -2.64. The van der Waals surface area contributed by atoms with E-state index in [9.17, 15) is 24.3 Å². The van der Waals surface area contributed by atoms with Gasteiger partial charge in [-0.3, -0.25) is 9.59 Å². The zero-order chi connectivity index (χ0) is 22.6. The molecule has 8 heteroatoms. The van der Waals surface area contributed by atoms with Crippen LogP contribution in [0.4, 0.5) is 4.39 Å². The van der Waals surface area contributed by atoms with E-state index in [1.807, 2.05) is 6.07 Å². The van der Waals surface area contributed by atoms with Crippen LogP contribution in [0.25, 0.3) is 0 Å². The monoisotopic (exact) mass is 446 g/mol. The fraction of sp³-hybridized carbons (Fsp3) is 0.875. The minimum Gasteiger partial charge on any atom is -0.390 e. The van der Waals surface area contributed by atoms with E-state index >= 15 is 0 Å². The molecule has 6 saturated carbocycles. The number of fused-ring (bicyclic) bond motifs is 6. The molecule has 0 aromatic heterocycles. The predicted octanol–water partition coefficient (Wildman–Crippen LogP) is 2.09. The zero-order valence-corrected chi connectivity index (χ0v) is 18.8. The predicted molar refractivity (Wildman–Crippen MR) is 115 cm³/mol. The molecule has 4 bridgehead atoms. The second-order valence-corrected chi connectivity index (χ2v) is 11.4. The Hall–Kier alpha value is -1.72. The van der Waals surface area contributed by atoms with E-state index in [0.717, 1.165) is 77.0 Å². The summed E-state index contributed by atoms with van der Waals surface area (Å²) in [6.45, 7) is 0.129. The first-order chi connectivity index (χ1) is 15.2. The maximum Gasteiger partial charge on any atom is 0.237 e. The number of alkyl halides is 1. The molecule has 32 heavy (non-hydrogen) atoms. The van der Waals surface area contributed by atoms with Gasteiger partial charge in [0.25, 0.3) is 0 Å². The minimum absolute atomic E-state index is 0.00811. The van der Waals surface area contributed by atoms with Crippen molar-refractivity contribution < 1.29 is 19.1 Å². The lowest BCUT2D eigenvalue weighted by molar-refractivity contribution is -0.145. The van der Waals surface area contributed by atoms with Crippen LogP contribution in [0, 0.1) is 16.7 Å². The third-order valence-corrected chi connectivity index (χ3v) is 9.65. The maximum absolute atomic E-state index is 13.7. The van der Waals surface area contributed by atoms with Gasteiger partial charge < -0.3 is 20.6 Å². The van der Waals surface area contributed by atoms with Crippen molar-refractivity contribution in [3.63, 3.8) is 0 Å². The van der Waals surface area contributed by atoms with Gasteiger partial charge in [-0.25, -0.2) is 4.39 Å². The van der Waals surface area contributed by atoms with E-state index in [2.05, 4.69) is 10.6 Å². The number of nitrogens with one attached hydrogen (secondary N) is 2. The summed E-state index contributed by atoms with van der Waals surface area (Å²) in [5.41, 5.74) is -1.08. The smallest absolute Gasteiger partial charge is 0.237 e. The molecule has 2 atom stereocenters. The standard InChI is InChI=1S/C24H35FN4O3/c25-17-13-18(14-26)29(16-17)19(30)15-27-22-4-1-21(2-5-22,3-6-22)20(31)28-23-7-10-24(32,11-8-23)12-9-23/h17-18,27,32H,1-13,15-16H2,(H,28,31)/t17-,18-,21?,22?,23?,24?/m0/s1. The highest BCUT2D eigenvalue weighted by molar-refractivity contribution is 5.84. The van der Waals surface area contributed by atoms with Crippen molar-refractivity contribution in [2.24, 2.45) is 5.41 Å². The summed E-state index contributed by atoms with van der Waals surface area (Å²) in [6.07, 6.45) is 8.98. The molecule has 7 rings (SSSR count). The van der Waals surface area contributed by atoms with Crippen molar-refractivity contribution in [3.8, 4) is 6.07 Å². The fourth-order valence-electron chi connectivity index (χ4n) is 7.07. The molecular formula is C24H35FN4O3. The van der Waals surface area contributed by atoms with Crippen molar-refractivity contribution in [2.75, 3.05) is 13.1 Å². The highest BCUT2D eigenvalue weighted by Crippen LogP contribution is 2.54. The number of amides is 2. The van der Waals surface area contributed by atoms with Crippen molar-refractivity contribution in [3.05, 3.63) is 0 Å². The van der Waals surface area contributed by atoms with E-state index in [1.165, 1.54) is 4.90 Å². The molecule has 7 aliphatic rings. The quantitative estimate of drug-likeness (QED) is 0.600. The van der Waals surface area contributed by atoms with Gasteiger partial charge >= 0.3 is 0 Å². The summed E-state index contributed by atoms with van der Waals surface area (Å²) < 4.78 is 13.7. The number of hydrogen-bond acceptors (Lipinski definition) is 5. The van der Waals surface area contributed by atoms with Crippen LogP contribution in [0.15, 0.2) is 0 Å². The van der Waals surface area contributed by atoms with Gasteiger partial charge in [0.1, 0.15) is 12.2 Å². The van der Waals surface area contributed by atoms with Crippen LogP contribution in [-0.2, 0) is 9.59 Å². The van der Waals surface area contributed by atoms with E-state index in [-0.39, 0.29) is 47.8 Å². The Morgan fingerprint density at radius 2 is 1.53 bits per heavy atom. The number of carbonyl (C=O) groups excluding carboxylic acids is 2. The lowest BCUT2D eigenvalue weighted by atomic mass is 9.56. The van der Waals surface area contributed by atoms with E-state index in [4.69, 9.17) is 0 Å². The lowest BCUT2D eigenvalue weighted by Gasteiger charge is -2.55. The Kier molecular flexibility index (Phi) is 5.29. The molecule has 176 valence electrons. The first kappa shape index (κ1) is 22.1. The number of hydrogen-bond donors (Lipinski definition) is 3. The number of nitriles is 1. The number of aliphatic hydroxyl groups is 1. The summed E-state index contributed by atoms with van der Waals surface area (Å²) in [7, 11) is 0. The Balaban J connectivity index is 1.15. The number of likely N-dealkylation sites (tertiary alicyclic amines) is 1. The Bertz CT molecular complexity index is 791. The molecule has 1 aliphatic heterocycles. The number of carbonyl (C=O) groups is 2. The molecule has 7 fully saturated rings. The normalized spacial score (nSPS) is 45.0. The third kappa shape index (κ3) is 3.71. The van der Waals surface area contributed by atoms with Crippen molar-refractivity contribution in [1.82, 2.24) is 15.5 Å². The maximum atomic E-state index is 13.7. The highest BCUT2D eigenvalue weighted by Gasteiger charge is 2.55. The van der Waals surface area contributed by atoms with Crippen LogP contribution in [-0.4, -0.2) is 63.8 Å². The van der Waals surface area contributed by atoms with Crippen LogP contribution < -0.4 is 10.6 Å². The largest absolute Gasteiger partial charge is 0.390 e. The molecule has 7 nitrogen and oxygen atoms in total. The van der Waals surface area contributed by atoms with E-state index in [0.29, 0.717) is 0 Å². The number of nitrogens with zero attached hydrogens (tertiary/aromatic N) is 2. The first-order valence-corrected chi connectivity index (χ1v) is 12.3. The third-order valence-electron chi connectivity index (χ3n) is 9.65. The van der Waals surface area contributed by atoms with E-state index in [1.54, 1.807) is 0 Å². The molecular weight excluding hydrogens is 411 g/mol. The first-order valence-electron chi connectivity index (χ1n) is 12.3. The Morgan fingerprint density at radius 1 is 0.969 bits per heavy atom. The number of rotatable bonds is 5. The zero-order valence-electron chi connectivity index (χ0n) is 18.8. The summed E-state index contributed by atoms with van der Waals surface area (Å²) in [5.74, 6) is -0.0167. The topological polar surface area (TPSA) is 105 Å². The van der Waals surface area contributed by atoms with Gasteiger partial charge in [0.05, 0.1) is 24.8 Å². The molecule has 0 radical (unpaired) electrons. The molecule has 0 aromatic rings. The molecule has 1 heterocycles. The summed E-state index contributed by atoms with van der Waals surface area (Å²) in [4.78, 5) is 27.4. The minimum atomic E-state index is -1.12. The molecule has 3 N–H and O–H groups in total. The summed E-state index contributed by atoms with van der Waals surface area (Å²) in [6, 6.07) is 1.37. The second-order valence-electron chi connectivity index (χ2n) is 11.4. The summed E-state index contributed by atoms with van der Waals surface area (Å²) in [5, 5.41) is 26.5. The summed E-state index contributed by atoms with van der Waals surface area (Å²) >= 11 is 0. The molecule has 2 amide bonds. The highest BCUT2D eigenvalue weighted by atomic mass is 19.1. The average Bonchev–Trinajstić information content (AvgIpc) is 3.21. The fourth-order valence-corrected chi connectivity index (χ4v) is 7.07. The van der Waals surface area contributed by atoms with Gasteiger partial charge in [-0.2, -0.15) is 5.26 Å². The average molecular weight is 447 g/mol. The van der Waals surface area contributed by atoms with Crippen LogP contribution in [0.1, 0.15) is 83.5 Å². The van der Waals surface area contributed by atoms with Gasteiger partial charge in [0.15, 0.2) is 0 Å². The van der Waals surface area contributed by atoms with Gasteiger partial charge in [-0.1, -0.05) is 0 Å². The Labute approximate surface area is 189 Å². The molecule has 0 aromatic carbocycles. The van der Waals surface area contributed by atoms with Gasteiger partial charge in [-0.15, -0.1) is 0 Å². The molecule has 1 saturated heterocycles. The number of halogens is 1. The van der Waals surface area contributed by atoms with Crippen LogP contribution in [0.3, 0.4) is 0 Å². The van der Waals surface area contributed by atoms with Crippen LogP contribution in [0.5, 0.6) is 0 Å². The molecule has 6 aliphatic carbocycles. The van der Waals surface area contributed by atoms with Gasteiger partial charge in [0.2, 0.25) is 11.8 Å². The second kappa shape index (κ2) is 7.66. The van der Waals surface area contributed by atoms with Gasteiger partial charge in [-0.05, 0) is 77.0 Å². The van der Waals surface area contributed by atoms with Gasteiger partial charge in [0, 0.05) is 22.9 Å². The molecule has 0 spiro atoms. The van der Waals surface area contributed by atoms with Crippen LogP contribution in [0.2, 0.25) is 0 Å².